The third-order valence-corrected chi connectivity index (χ3v) is 3.30. The highest BCUT2D eigenvalue weighted by Crippen LogP contribution is 2.24. The quantitative estimate of drug-likeness (QED) is 0.932. The van der Waals surface area contributed by atoms with E-state index in [4.69, 9.17) is 0 Å². The van der Waals surface area contributed by atoms with Gasteiger partial charge in [-0.2, -0.15) is 0 Å². The molecule has 0 aliphatic carbocycles. The number of rotatable bonds is 4. The number of alkyl halides is 2. The summed E-state index contributed by atoms with van der Waals surface area (Å²) in [7, 11) is 0. The molecular weight excluding hydrogens is 272 g/mol. The number of benzene rings is 1. The lowest BCUT2D eigenvalue weighted by Crippen LogP contribution is -2.20. The number of hydrogen-bond acceptors (Lipinski definition) is 3. The van der Waals surface area contributed by atoms with Gasteiger partial charge in [0.1, 0.15) is 0 Å². The zero-order chi connectivity index (χ0) is 14.7. The first-order valence-corrected chi connectivity index (χ1v) is 6.71. The highest BCUT2D eigenvalue weighted by atomic mass is 19.3. The molecule has 1 aliphatic rings. The minimum Gasteiger partial charge on any atom is -0.373 e. The third kappa shape index (κ3) is 3.18. The minimum absolute atomic E-state index is 0.0198. The van der Waals surface area contributed by atoms with Crippen molar-refractivity contribution in [3.8, 4) is 11.3 Å². The van der Waals surface area contributed by atoms with Crippen molar-refractivity contribution in [3.63, 3.8) is 0 Å². The summed E-state index contributed by atoms with van der Waals surface area (Å²) in [4.78, 5) is 6.64. The van der Waals surface area contributed by atoms with Crippen molar-refractivity contribution in [2.45, 2.75) is 13.0 Å². The van der Waals surface area contributed by atoms with Crippen LogP contribution >= 0.6 is 0 Å². The van der Waals surface area contributed by atoms with Crippen LogP contribution in [-0.4, -0.2) is 16.6 Å². The molecule has 3 nitrogen and oxygen atoms in total. The van der Waals surface area contributed by atoms with Gasteiger partial charge in [0, 0.05) is 23.5 Å². The molecule has 108 valence electrons. The summed E-state index contributed by atoms with van der Waals surface area (Å²) in [5, 5.41) is 3.09. The van der Waals surface area contributed by atoms with E-state index < -0.39 is 6.43 Å². The van der Waals surface area contributed by atoms with Crippen LogP contribution in [0.15, 0.2) is 54.9 Å². The molecule has 1 aliphatic heterocycles. The second-order valence-electron chi connectivity index (χ2n) is 4.87. The summed E-state index contributed by atoms with van der Waals surface area (Å²) in [6.07, 6.45) is 1.39. The molecule has 2 heterocycles. The van der Waals surface area contributed by atoms with Crippen molar-refractivity contribution >= 4 is 0 Å². The van der Waals surface area contributed by atoms with E-state index >= 15 is 0 Å². The Morgan fingerprint density at radius 3 is 2.81 bits per heavy atom. The van der Waals surface area contributed by atoms with Gasteiger partial charge >= 0.3 is 0 Å². The highest BCUT2D eigenvalue weighted by Gasteiger charge is 2.10. The van der Waals surface area contributed by atoms with Gasteiger partial charge in [0.25, 0.3) is 6.43 Å². The van der Waals surface area contributed by atoms with E-state index in [0.717, 1.165) is 12.4 Å². The molecule has 0 amide bonds. The summed E-state index contributed by atoms with van der Waals surface area (Å²) in [5.74, 6) is 0. The van der Waals surface area contributed by atoms with Gasteiger partial charge in [-0.05, 0) is 18.2 Å². The Kier molecular flexibility index (Phi) is 3.81. The molecule has 5 heteroatoms. The summed E-state index contributed by atoms with van der Waals surface area (Å²) >= 11 is 0. The van der Waals surface area contributed by atoms with Crippen LogP contribution in [0.25, 0.3) is 11.3 Å². The number of halogens is 2. The van der Waals surface area contributed by atoms with E-state index in [1.807, 2.05) is 30.6 Å². The third-order valence-electron chi connectivity index (χ3n) is 3.30. The fourth-order valence-electron chi connectivity index (χ4n) is 2.26. The first-order chi connectivity index (χ1) is 10.2. The molecule has 0 fully saturated rings. The predicted molar refractivity (Wildman–Crippen MR) is 77.3 cm³/mol. The fourth-order valence-corrected chi connectivity index (χ4v) is 2.26. The van der Waals surface area contributed by atoms with Crippen molar-refractivity contribution in [2.75, 3.05) is 6.67 Å². The molecule has 21 heavy (non-hydrogen) atoms. The minimum atomic E-state index is -2.46. The standard InChI is InChI=1S/C16H15F2N3/c17-16(18)13-4-1-3-12(9-13)15-6-2-5-14(20-15)10-21-8-7-19-11-21/h1-9,16,19H,10-11H2. The molecule has 1 N–H and O–H groups in total. The summed E-state index contributed by atoms with van der Waals surface area (Å²) in [5.41, 5.74) is 2.35. The van der Waals surface area contributed by atoms with Crippen molar-refractivity contribution in [3.05, 3.63) is 66.1 Å². The molecule has 3 rings (SSSR count). The SMILES string of the molecule is FC(F)c1cccc(-c2cccc(CN3C=CNC3)n2)c1. The van der Waals surface area contributed by atoms with Gasteiger partial charge in [-0.25, -0.2) is 8.78 Å². The number of nitrogens with zero attached hydrogens (tertiary/aromatic N) is 2. The molecule has 1 aromatic heterocycles. The smallest absolute Gasteiger partial charge is 0.263 e. The Morgan fingerprint density at radius 1 is 1.19 bits per heavy atom. The van der Waals surface area contributed by atoms with E-state index in [0.29, 0.717) is 17.8 Å². The second kappa shape index (κ2) is 5.91. The van der Waals surface area contributed by atoms with Crippen LogP contribution in [0.4, 0.5) is 8.78 Å². The van der Waals surface area contributed by atoms with Crippen LogP contribution in [0, 0.1) is 0 Å². The summed E-state index contributed by atoms with van der Waals surface area (Å²) < 4.78 is 25.5. The van der Waals surface area contributed by atoms with Crippen LogP contribution in [0.3, 0.4) is 0 Å². The molecule has 2 aromatic rings. The normalized spacial score (nSPS) is 13.8. The molecular formula is C16H15F2N3. The highest BCUT2D eigenvalue weighted by molar-refractivity contribution is 5.60. The number of nitrogens with one attached hydrogen (secondary N) is 1. The van der Waals surface area contributed by atoms with Gasteiger partial charge < -0.3 is 10.2 Å². The van der Waals surface area contributed by atoms with Gasteiger partial charge in [0.2, 0.25) is 0 Å². The molecule has 0 saturated heterocycles. The molecule has 1 aromatic carbocycles. The van der Waals surface area contributed by atoms with Crippen molar-refractivity contribution < 1.29 is 8.78 Å². The van der Waals surface area contributed by atoms with E-state index in [2.05, 4.69) is 15.2 Å². The number of pyridine rings is 1. The molecule has 0 bridgehead atoms. The maximum atomic E-state index is 12.8. The van der Waals surface area contributed by atoms with Crippen molar-refractivity contribution in [2.24, 2.45) is 0 Å². The molecule has 0 saturated carbocycles. The van der Waals surface area contributed by atoms with E-state index in [9.17, 15) is 8.78 Å². The molecule has 0 unspecified atom stereocenters. The van der Waals surface area contributed by atoms with Gasteiger partial charge in [-0.1, -0.05) is 24.3 Å². The second-order valence-corrected chi connectivity index (χ2v) is 4.87. The summed E-state index contributed by atoms with van der Waals surface area (Å²) in [6, 6.07) is 12.0. The zero-order valence-corrected chi connectivity index (χ0v) is 11.3. The van der Waals surface area contributed by atoms with Crippen LogP contribution < -0.4 is 5.32 Å². The zero-order valence-electron chi connectivity index (χ0n) is 11.3. The van der Waals surface area contributed by atoms with Gasteiger partial charge in [-0.15, -0.1) is 0 Å². The van der Waals surface area contributed by atoms with Crippen LogP contribution in [-0.2, 0) is 6.54 Å². The largest absolute Gasteiger partial charge is 0.373 e. The van der Waals surface area contributed by atoms with Gasteiger partial charge in [-0.3, -0.25) is 4.98 Å². The topological polar surface area (TPSA) is 28.2 Å². The average Bonchev–Trinajstić information content (AvgIpc) is 3.00. The fraction of sp³-hybridized carbons (Fsp3) is 0.188. The maximum Gasteiger partial charge on any atom is 0.263 e. The summed E-state index contributed by atoms with van der Waals surface area (Å²) in [6.45, 7) is 1.44. The Bertz CT molecular complexity index is 655. The van der Waals surface area contributed by atoms with Crippen LogP contribution in [0.1, 0.15) is 17.7 Å². The van der Waals surface area contributed by atoms with E-state index in [1.54, 1.807) is 12.1 Å². The predicted octanol–water partition coefficient (Wildman–Crippen LogP) is 3.52. The van der Waals surface area contributed by atoms with Crippen LogP contribution in [0.5, 0.6) is 0 Å². The van der Waals surface area contributed by atoms with Crippen molar-refractivity contribution in [1.82, 2.24) is 15.2 Å². The number of aromatic nitrogens is 1. The van der Waals surface area contributed by atoms with E-state index in [1.165, 1.54) is 12.1 Å². The average molecular weight is 287 g/mol. The number of hydrogen-bond donors (Lipinski definition) is 1. The Hall–Kier alpha value is -2.43. The first kappa shape index (κ1) is 13.5. The molecule has 0 radical (unpaired) electrons. The Labute approximate surface area is 121 Å². The lowest BCUT2D eigenvalue weighted by atomic mass is 10.1. The maximum absolute atomic E-state index is 12.8. The van der Waals surface area contributed by atoms with Gasteiger partial charge in [0.15, 0.2) is 0 Å². The lowest BCUT2D eigenvalue weighted by molar-refractivity contribution is 0.151. The molecule has 0 atom stereocenters. The Morgan fingerprint density at radius 2 is 2.05 bits per heavy atom. The van der Waals surface area contributed by atoms with Gasteiger partial charge in [0.05, 0.1) is 24.6 Å². The van der Waals surface area contributed by atoms with Crippen molar-refractivity contribution in [1.29, 1.82) is 0 Å². The van der Waals surface area contributed by atoms with E-state index in [-0.39, 0.29) is 5.56 Å². The Balaban J connectivity index is 1.85. The lowest BCUT2D eigenvalue weighted by Gasteiger charge is -2.14. The monoisotopic (exact) mass is 287 g/mol. The first-order valence-electron chi connectivity index (χ1n) is 6.71. The molecule has 0 spiro atoms. The van der Waals surface area contributed by atoms with Crippen LogP contribution in [0.2, 0.25) is 0 Å².